The van der Waals surface area contributed by atoms with Crippen LogP contribution in [0.25, 0.3) is 0 Å². The van der Waals surface area contributed by atoms with E-state index in [4.69, 9.17) is 4.74 Å². The molecule has 0 atom stereocenters. The molecular weight excluding hydrogens is 326 g/mol. The van der Waals surface area contributed by atoms with Gasteiger partial charge in [0.25, 0.3) is 0 Å². The Morgan fingerprint density at radius 3 is 2.64 bits per heavy atom. The SMILES string of the molecule is COc1ccc(S(=O)(=O)NCCC(=O)Nc2nccs2)cc1. The third-order valence-electron chi connectivity index (χ3n) is 2.69. The average Bonchev–Trinajstić information content (AvgIpc) is 3.00. The summed E-state index contributed by atoms with van der Waals surface area (Å²) in [5, 5.41) is 4.81. The number of ether oxygens (including phenoxy) is 1. The highest BCUT2D eigenvalue weighted by Crippen LogP contribution is 2.15. The Bertz CT molecular complexity index is 712. The van der Waals surface area contributed by atoms with Crippen molar-refractivity contribution >= 4 is 32.4 Å². The van der Waals surface area contributed by atoms with Crippen LogP contribution in [0.2, 0.25) is 0 Å². The summed E-state index contributed by atoms with van der Waals surface area (Å²) in [7, 11) is -2.14. The number of sulfonamides is 1. The molecule has 118 valence electrons. The Kier molecular flexibility index (Phi) is 5.47. The van der Waals surface area contributed by atoms with Crippen molar-refractivity contribution in [3.8, 4) is 5.75 Å². The Balaban J connectivity index is 1.85. The number of carbonyl (C=O) groups is 1. The summed E-state index contributed by atoms with van der Waals surface area (Å²) in [6.07, 6.45) is 1.60. The van der Waals surface area contributed by atoms with Crippen LogP contribution in [0.15, 0.2) is 40.7 Å². The van der Waals surface area contributed by atoms with Crippen molar-refractivity contribution in [2.24, 2.45) is 0 Å². The number of nitrogens with one attached hydrogen (secondary N) is 2. The molecule has 1 aromatic carbocycles. The van der Waals surface area contributed by atoms with Crippen molar-refractivity contribution < 1.29 is 17.9 Å². The van der Waals surface area contributed by atoms with Crippen LogP contribution < -0.4 is 14.8 Å². The summed E-state index contributed by atoms with van der Waals surface area (Å²) >= 11 is 1.30. The van der Waals surface area contributed by atoms with Crippen molar-refractivity contribution in [1.82, 2.24) is 9.71 Å². The molecule has 0 aliphatic heterocycles. The monoisotopic (exact) mass is 341 g/mol. The van der Waals surface area contributed by atoms with Gasteiger partial charge in [-0.15, -0.1) is 11.3 Å². The maximum Gasteiger partial charge on any atom is 0.240 e. The predicted molar refractivity (Wildman–Crippen MR) is 83.5 cm³/mol. The zero-order valence-electron chi connectivity index (χ0n) is 11.8. The molecule has 0 saturated carbocycles. The van der Waals surface area contributed by atoms with Gasteiger partial charge in [-0.25, -0.2) is 18.1 Å². The first-order valence-electron chi connectivity index (χ1n) is 6.34. The van der Waals surface area contributed by atoms with E-state index in [0.29, 0.717) is 10.9 Å². The summed E-state index contributed by atoms with van der Waals surface area (Å²) < 4.78 is 31.4. The molecule has 2 rings (SSSR count). The van der Waals surface area contributed by atoms with Gasteiger partial charge in [-0.2, -0.15) is 0 Å². The maximum atomic E-state index is 12.0. The zero-order chi connectivity index (χ0) is 16.0. The van der Waals surface area contributed by atoms with Gasteiger partial charge in [-0.1, -0.05) is 0 Å². The highest BCUT2D eigenvalue weighted by Gasteiger charge is 2.14. The number of benzene rings is 1. The largest absolute Gasteiger partial charge is 0.497 e. The lowest BCUT2D eigenvalue weighted by atomic mass is 10.3. The van der Waals surface area contributed by atoms with Crippen molar-refractivity contribution in [1.29, 1.82) is 0 Å². The van der Waals surface area contributed by atoms with E-state index >= 15 is 0 Å². The third-order valence-corrected chi connectivity index (χ3v) is 4.86. The summed E-state index contributed by atoms with van der Waals surface area (Å²) in [4.78, 5) is 15.7. The van der Waals surface area contributed by atoms with Gasteiger partial charge in [-0.05, 0) is 24.3 Å². The summed E-state index contributed by atoms with van der Waals surface area (Å²) in [6.45, 7) is 0.00553. The number of amides is 1. The number of hydrogen-bond donors (Lipinski definition) is 2. The summed E-state index contributed by atoms with van der Waals surface area (Å²) in [5.41, 5.74) is 0. The van der Waals surface area contributed by atoms with Gasteiger partial charge in [0, 0.05) is 24.5 Å². The minimum absolute atomic E-state index is 0.00553. The summed E-state index contributed by atoms with van der Waals surface area (Å²) in [6, 6.07) is 6.00. The first kappa shape index (κ1) is 16.4. The smallest absolute Gasteiger partial charge is 0.240 e. The van der Waals surface area contributed by atoms with Crippen LogP contribution in [-0.2, 0) is 14.8 Å². The van der Waals surface area contributed by atoms with Gasteiger partial charge in [0.1, 0.15) is 5.75 Å². The van der Waals surface area contributed by atoms with Crippen LogP contribution in [0, 0.1) is 0 Å². The topological polar surface area (TPSA) is 97.4 Å². The lowest BCUT2D eigenvalue weighted by molar-refractivity contribution is -0.116. The molecule has 0 unspecified atom stereocenters. The highest BCUT2D eigenvalue weighted by atomic mass is 32.2. The second kappa shape index (κ2) is 7.34. The molecule has 2 N–H and O–H groups in total. The fraction of sp³-hybridized carbons (Fsp3) is 0.231. The number of thiazole rings is 1. The maximum absolute atomic E-state index is 12.0. The van der Waals surface area contributed by atoms with E-state index in [-0.39, 0.29) is 23.8 Å². The summed E-state index contributed by atoms with van der Waals surface area (Å²) in [5.74, 6) is 0.272. The van der Waals surface area contributed by atoms with Gasteiger partial charge in [0.15, 0.2) is 5.13 Å². The number of hydrogen-bond acceptors (Lipinski definition) is 6. The molecule has 0 bridgehead atoms. The van der Waals surface area contributed by atoms with E-state index in [1.54, 1.807) is 23.7 Å². The van der Waals surface area contributed by atoms with Gasteiger partial charge < -0.3 is 10.1 Å². The molecule has 1 amide bonds. The Hall–Kier alpha value is -1.97. The number of anilines is 1. The number of rotatable bonds is 7. The molecule has 0 aliphatic rings. The highest BCUT2D eigenvalue weighted by molar-refractivity contribution is 7.89. The Labute approximate surface area is 132 Å². The standard InChI is InChI=1S/C13H15N3O4S2/c1-20-10-2-4-11(5-3-10)22(18,19)15-7-6-12(17)16-13-14-8-9-21-13/h2-5,8-9,15H,6-7H2,1H3,(H,14,16,17). The number of methoxy groups -OCH3 is 1. The van der Waals surface area contributed by atoms with E-state index in [9.17, 15) is 13.2 Å². The Morgan fingerprint density at radius 2 is 2.05 bits per heavy atom. The number of aromatic nitrogens is 1. The molecular formula is C13H15N3O4S2. The molecule has 0 radical (unpaired) electrons. The second-order valence-electron chi connectivity index (χ2n) is 4.21. The van der Waals surface area contributed by atoms with Gasteiger partial charge >= 0.3 is 0 Å². The first-order chi connectivity index (χ1) is 10.5. The third kappa shape index (κ3) is 4.52. The Morgan fingerprint density at radius 1 is 1.32 bits per heavy atom. The molecule has 1 heterocycles. The van der Waals surface area contributed by atoms with E-state index in [0.717, 1.165) is 0 Å². The average molecular weight is 341 g/mol. The minimum Gasteiger partial charge on any atom is -0.497 e. The van der Waals surface area contributed by atoms with Crippen LogP contribution in [0.4, 0.5) is 5.13 Å². The lowest BCUT2D eigenvalue weighted by Crippen LogP contribution is -2.27. The van der Waals surface area contributed by atoms with Gasteiger partial charge in [0.2, 0.25) is 15.9 Å². The molecule has 7 nitrogen and oxygen atoms in total. The molecule has 1 aromatic heterocycles. The zero-order valence-corrected chi connectivity index (χ0v) is 13.4. The normalized spacial score (nSPS) is 11.1. The minimum atomic E-state index is -3.64. The number of nitrogens with zero attached hydrogens (tertiary/aromatic N) is 1. The first-order valence-corrected chi connectivity index (χ1v) is 8.70. The number of carbonyl (C=O) groups excluding carboxylic acids is 1. The molecule has 0 fully saturated rings. The molecule has 9 heteroatoms. The van der Waals surface area contributed by atoms with Crippen LogP contribution >= 0.6 is 11.3 Å². The van der Waals surface area contributed by atoms with Crippen LogP contribution in [-0.4, -0.2) is 33.0 Å². The molecule has 0 spiro atoms. The quantitative estimate of drug-likeness (QED) is 0.794. The fourth-order valence-electron chi connectivity index (χ4n) is 1.60. The van der Waals surface area contributed by atoms with Crippen molar-refractivity contribution in [2.45, 2.75) is 11.3 Å². The lowest BCUT2D eigenvalue weighted by Gasteiger charge is -2.07. The molecule has 0 saturated heterocycles. The second-order valence-corrected chi connectivity index (χ2v) is 6.87. The van der Waals surface area contributed by atoms with Gasteiger partial charge in [-0.3, -0.25) is 4.79 Å². The van der Waals surface area contributed by atoms with E-state index < -0.39 is 10.0 Å². The van der Waals surface area contributed by atoms with E-state index in [1.165, 1.54) is 30.6 Å². The van der Waals surface area contributed by atoms with E-state index in [1.807, 2.05) is 0 Å². The van der Waals surface area contributed by atoms with Crippen molar-refractivity contribution in [3.63, 3.8) is 0 Å². The van der Waals surface area contributed by atoms with E-state index in [2.05, 4.69) is 15.0 Å². The van der Waals surface area contributed by atoms with Crippen LogP contribution in [0.3, 0.4) is 0 Å². The van der Waals surface area contributed by atoms with Crippen molar-refractivity contribution in [3.05, 3.63) is 35.8 Å². The van der Waals surface area contributed by atoms with Crippen LogP contribution in [0.5, 0.6) is 5.75 Å². The van der Waals surface area contributed by atoms with Crippen LogP contribution in [0.1, 0.15) is 6.42 Å². The fourth-order valence-corrected chi connectivity index (χ4v) is 3.18. The molecule has 22 heavy (non-hydrogen) atoms. The van der Waals surface area contributed by atoms with Gasteiger partial charge in [0.05, 0.1) is 12.0 Å². The van der Waals surface area contributed by atoms with Crippen molar-refractivity contribution in [2.75, 3.05) is 19.0 Å². The predicted octanol–water partition coefficient (Wildman–Crippen LogP) is 1.46. The molecule has 2 aromatic rings. The molecule has 0 aliphatic carbocycles.